The molecule has 1 heterocycles. The lowest BCUT2D eigenvalue weighted by molar-refractivity contribution is 0.101. The SMILES string of the molecule is CCN(CCC#N)c1cc(C(C)=O)ccn1. The van der Waals surface area contributed by atoms with Crippen LogP contribution in [0, 0.1) is 11.3 Å². The van der Waals surface area contributed by atoms with E-state index in [4.69, 9.17) is 5.26 Å². The van der Waals surface area contributed by atoms with E-state index in [0.29, 0.717) is 18.5 Å². The van der Waals surface area contributed by atoms with E-state index in [1.807, 2.05) is 11.8 Å². The molecule has 0 radical (unpaired) electrons. The molecule has 16 heavy (non-hydrogen) atoms. The summed E-state index contributed by atoms with van der Waals surface area (Å²) in [4.78, 5) is 17.4. The molecular weight excluding hydrogens is 202 g/mol. The van der Waals surface area contributed by atoms with E-state index in [-0.39, 0.29) is 5.78 Å². The summed E-state index contributed by atoms with van der Waals surface area (Å²) >= 11 is 0. The van der Waals surface area contributed by atoms with Gasteiger partial charge >= 0.3 is 0 Å². The summed E-state index contributed by atoms with van der Waals surface area (Å²) in [5.41, 5.74) is 0.653. The first-order chi connectivity index (χ1) is 7.69. The maximum atomic E-state index is 11.2. The van der Waals surface area contributed by atoms with Crippen molar-refractivity contribution >= 4 is 11.6 Å². The highest BCUT2D eigenvalue weighted by atomic mass is 16.1. The maximum absolute atomic E-state index is 11.2. The molecule has 0 bridgehead atoms. The number of hydrogen-bond acceptors (Lipinski definition) is 4. The fraction of sp³-hybridized carbons (Fsp3) is 0.417. The average molecular weight is 217 g/mol. The van der Waals surface area contributed by atoms with E-state index in [1.165, 1.54) is 6.92 Å². The molecule has 1 aromatic rings. The molecule has 4 nitrogen and oxygen atoms in total. The Morgan fingerprint density at radius 3 is 2.94 bits per heavy atom. The topological polar surface area (TPSA) is 57.0 Å². The van der Waals surface area contributed by atoms with Crippen LogP contribution in [0.1, 0.15) is 30.6 Å². The van der Waals surface area contributed by atoms with Crippen LogP contribution in [0.3, 0.4) is 0 Å². The highest BCUT2D eigenvalue weighted by Gasteiger charge is 2.07. The van der Waals surface area contributed by atoms with E-state index in [1.54, 1.807) is 18.3 Å². The van der Waals surface area contributed by atoms with Gasteiger partial charge in [0.15, 0.2) is 5.78 Å². The summed E-state index contributed by atoms with van der Waals surface area (Å²) in [6, 6.07) is 5.57. The van der Waals surface area contributed by atoms with Gasteiger partial charge in [0, 0.05) is 24.8 Å². The van der Waals surface area contributed by atoms with E-state index >= 15 is 0 Å². The normalized spacial score (nSPS) is 9.56. The minimum atomic E-state index is 0.0278. The van der Waals surface area contributed by atoms with Crippen molar-refractivity contribution in [2.75, 3.05) is 18.0 Å². The summed E-state index contributed by atoms with van der Waals surface area (Å²) in [5.74, 6) is 0.783. The zero-order valence-corrected chi connectivity index (χ0v) is 9.60. The van der Waals surface area contributed by atoms with Gasteiger partial charge in [-0.05, 0) is 26.0 Å². The molecule has 84 valence electrons. The Kier molecular flexibility index (Phi) is 4.46. The van der Waals surface area contributed by atoms with Crippen molar-refractivity contribution in [3.63, 3.8) is 0 Å². The van der Waals surface area contributed by atoms with Gasteiger partial charge < -0.3 is 4.90 Å². The lowest BCUT2D eigenvalue weighted by Gasteiger charge is -2.20. The van der Waals surface area contributed by atoms with Crippen LogP contribution in [0.5, 0.6) is 0 Å². The Bertz CT molecular complexity index is 409. The van der Waals surface area contributed by atoms with Crippen molar-refractivity contribution in [3.05, 3.63) is 23.9 Å². The average Bonchev–Trinajstić information content (AvgIpc) is 2.30. The van der Waals surface area contributed by atoms with Crippen molar-refractivity contribution in [2.45, 2.75) is 20.3 Å². The molecule has 0 amide bonds. The zero-order valence-electron chi connectivity index (χ0n) is 9.60. The first-order valence-electron chi connectivity index (χ1n) is 5.28. The van der Waals surface area contributed by atoms with Gasteiger partial charge in [-0.1, -0.05) is 0 Å². The van der Waals surface area contributed by atoms with Gasteiger partial charge in [-0.25, -0.2) is 4.98 Å². The first kappa shape index (κ1) is 12.2. The number of nitriles is 1. The van der Waals surface area contributed by atoms with Gasteiger partial charge in [0.25, 0.3) is 0 Å². The van der Waals surface area contributed by atoms with Gasteiger partial charge in [0.05, 0.1) is 12.5 Å². The maximum Gasteiger partial charge on any atom is 0.159 e. The Balaban J connectivity index is 2.88. The molecule has 0 aliphatic carbocycles. The Hall–Kier alpha value is -1.89. The number of Topliss-reactive ketones (excluding diaryl/α,β-unsaturated/α-hetero) is 1. The number of ketones is 1. The van der Waals surface area contributed by atoms with Gasteiger partial charge in [-0.15, -0.1) is 0 Å². The van der Waals surface area contributed by atoms with Gasteiger partial charge in [-0.3, -0.25) is 4.79 Å². The molecule has 0 aliphatic rings. The standard InChI is InChI=1S/C12H15N3O/c1-3-15(8-4-6-13)12-9-11(10(2)16)5-7-14-12/h5,7,9H,3-4,8H2,1-2H3. The summed E-state index contributed by atoms with van der Waals surface area (Å²) in [5, 5.41) is 8.55. The minimum Gasteiger partial charge on any atom is -0.356 e. The van der Waals surface area contributed by atoms with Crippen molar-refractivity contribution in [3.8, 4) is 6.07 Å². The quantitative estimate of drug-likeness (QED) is 0.708. The van der Waals surface area contributed by atoms with Crippen LogP contribution in [0.15, 0.2) is 18.3 Å². The Morgan fingerprint density at radius 2 is 2.38 bits per heavy atom. The molecule has 4 heteroatoms. The third-order valence-electron chi connectivity index (χ3n) is 2.35. The van der Waals surface area contributed by atoms with Gasteiger partial charge in [0.1, 0.15) is 5.82 Å². The number of anilines is 1. The monoisotopic (exact) mass is 217 g/mol. The van der Waals surface area contributed by atoms with E-state index < -0.39 is 0 Å². The number of pyridine rings is 1. The van der Waals surface area contributed by atoms with Crippen molar-refractivity contribution in [2.24, 2.45) is 0 Å². The number of carbonyl (C=O) groups is 1. The molecule has 0 fully saturated rings. The van der Waals surface area contributed by atoms with E-state index in [2.05, 4.69) is 11.1 Å². The van der Waals surface area contributed by atoms with E-state index in [9.17, 15) is 4.79 Å². The summed E-state index contributed by atoms with van der Waals surface area (Å²) in [6.07, 6.45) is 2.08. The molecular formula is C12H15N3O. The van der Waals surface area contributed by atoms with Gasteiger partial charge in [0.2, 0.25) is 0 Å². The third kappa shape index (κ3) is 3.06. The first-order valence-corrected chi connectivity index (χ1v) is 5.28. The third-order valence-corrected chi connectivity index (χ3v) is 2.35. The Morgan fingerprint density at radius 1 is 1.62 bits per heavy atom. The Labute approximate surface area is 95.5 Å². The fourth-order valence-corrected chi connectivity index (χ4v) is 1.43. The zero-order chi connectivity index (χ0) is 12.0. The number of aromatic nitrogens is 1. The van der Waals surface area contributed by atoms with Crippen LogP contribution >= 0.6 is 0 Å². The predicted octanol–water partition coefficient (Wildman–Crippen LogP) is 2.02. The summed E-state index contributed by atoms with van der Waals surface area (Å²) < 4.78 is 0. The highest BCUT2D eigenvalue weighted by Crippen LogP contribution is 2.13. The van der Waals surface area contributed by atoms with Crippen molar-refractivity contribution in [1.29, 1.82) is 5.26 Å². The molecule has 0 atom stereocenters. The second-order valence-corrected chi connectivity index (χ2v) is 3.45. The smallest absolute Gasteiger partial charge is 0.159 e. The largest absolute Gasteiger partial charge is 0.356 e. The predicted molar refractivity (Wildman–Crippen MR) is 62.4 cm³/mol. The van der Waals surface area contributed by atoms with Crippen LogP contribution in [0.4, 0.5) is 5.82 Å². The fourth-order valence-electron chi connectivity index (χ4n) is 1.43. The molecule has 0 aliphatic heterocycles. The number of carbonyl (C=O) groups excluding carboxylic acids is 1. The molecule has 1 rings (SSSR count). The summed E-state index contributed by atoms with van der Waals surface area (Å²) in [7, 11) is 0. The second kappa shape index (κ2) is 5.86. The highest BCUT2D eigenvalue weighted by molar-refractivity contribution is 5.94. The van der Waals surface area contributed by atoms with Gasteiger partial charge in [-0.2, -0.15) is 5.26 Å². The van der Waals surface area contributed by atoms with Crippen LogP contribution in [0.2, 0.25) is 0 Å². The second-order valence-electron chi connectivity index (χ2n) is 3.45. The number of rotatable bonds is 5. The lowest BCUT2D eigenvalue weighted by Crippen LogP contribution is -2.24. The molecule has 0 N–H and O–H groups in total. The molecule has 0 spiro atoms. The van der Waals surface area contributed by atoms with Crippen LogP contribution in [-0.2, 0) is 0 Å². The van der Waals surface area contributed by atoms with Crippen LogP contribution < -0.4 is 4.90 Å². The van der Waals surface area contributed by atoms with Crippen molar-refractivity contribution < 1.29 is 4.79 Å². The molecule has 0 aromatic carbocycles. The molecule has 0 saturated carbocycles. The van der Waals surface area contributed by atoms with Crippen molar-refractivity contribution in [1.82, 2.24) is 4.98 Å². The number of nitrogens with zero attached hydrogens (tertiary/aromatic N) is 3. The number of hydrogen-bond donors (Lipinski definition) is 0. The van der Waals surface area contributed by atoms with Crippen LogP contribution in [-0.4, -0.2) is 23.9 Å². The van der Waals surface area contributed by atoms with Crippen LogP contribution in [0.25, 0.3) is 0 Å². The lowest BCUT2D eigenvalue weighted by atomic mass is 10.2. The molecule has 0 saturated heterocycles. The molecule has 0 unspecified atom stereocenters. The molecule has 1 aromatic heterocycles. The van der Waals surface area contributed by atoms with E-state index in [0.717, 1.165) is 12.4 Å². The minimum absolute atomic E-state index is 0.0278. The summed E-state index contributed by atoms with van der Waals surface area (Å²) in [6.45, 7) is 4.95.